The minimum Gasteiger partial charge on any atom is -0.397 e. The zero-order chi connectivity index (χ0) is 16.8. The molecule has 4 nitrogen and oxygen atoms in total. The molecule has 0 bridgehead atoms. The van der Waals surface area contributed by atoms with E-state index in [9.17, 15) is 0 Å². The highest BCUT2D eigenvalue weighted by atomic mass is 32.1. The SMILES string of the molecule is Nc1ccccc1-n1cccc1.Nc1nc(-c2ccccc2)cs1. The van der Waals surface area contributed by atoms with E-state index in [2.05, 4.69) is 4.98 Å². The molecular weight excluding hydrogens is 316 g/mol. The normalized spacial score (nSPS) is 10.0. The summed E-state index contributed by atoms with van der Waals surface area (Å²) in [5.41, 5.74) is 15.2. The van der Waals surface area contributed by atoms with Gasteiger partial charge in [0.1, 0.15) is 0 Å². The molecule has 0 fully saturated rings. The molecule has 0 aliphatic carbocycles. The first-order valence-electron chi connectivity index (χ1n) is 7.48. The number of rotatable bonds is 2. The van der Waals surface area contributed by atoms with E-state index >= 15 is 0 Å². The molecule has 0 aliphatic heterocycles. The highest BCUT2D eigenvalue weighted by molar-refractivity contribution is 7.13. The van der Waals surface area contributed by atoms with Crippen molar-refractivity contribution in [1.82, 2.24) is 9.55 Å². The highest BCUT2D eigenvalue weighted by Gasteiger charge is 1.99. The van der Waals surface area contributed by atoms with E-state index in [1.165, 1.54) is 11.3 Å². The van der Waals surface area contributed by atoms with Crippen LogP contribution in [-0.2, 0) is 0 Å². The van der Waals surface area contributed by atoms with Crippen molar-refractivity contribution in [2.24, 2.45) is 0 Å². The summed E-state index contributed by atoms with van der Waals surface area (Å²) in [6, 6.07) is 21.8. The standard InChI is InChI=1S/C10H10N2.C9H8N2S/c11-9-5-1-2-6-10(9)12-7-3-4-8-12;10-9-11-8(6-12-9)7-4-2-1-3-5-7/h1-8H,11H2;1-6H,(H2,10,11). The van der Waals surface area contributed by atoms with Crippen LogP contribution in [0.2, 0.25) is 0 Å². The van der Waals surface area contributed by atoms with E-state index in [1.54, 1.807) is 0 Å². The van der Waals surface area contributed by atoms with Gasteiger partial charge in [0.15, 0.2) is 5.13 Å². The van der Waals surface area contributed by atoms with E-state index in [-0.39, 0.29) is 0 Å². The quantitative estimate of drug-likeness (QED) is 0.532. The molecule has 120 valence electrons. The zero-order valence-corrected chi connectivity index (χ0v) is 13.9. The summed E-state index contributed by atoms with van der Waals surface area (Å²) in [6.07, 6.45) is 3.96. The van der Waals surface area contributed by atoms with Crippen LogP contribution in [0.1, 0.15) is 0 Å². The number of nitrogen functional groups attached to an aromatic ring is 2. The monoisotopic (exact) mass is 334 g/mol. The summed E-state index contributed by atoms with van der Waals surface area (Å²) < 4.78 is 2.00. The van der Waals surface area contributed by atoms with Crippen molar-refractivity contribution in [2.75, 3.05) is 11.5 Å². The minimum absolute atomic E-state index is 0.619. The fourth-order valence-corrected chi connectivity index (χ4v) is 2.82. The molecule has 24 heavy (non-hydrogen) atoms. The number of thiazole rings is 1. The van der Waals surface area contributed by atoms with Crippen molar-refractivity contribution in [3.63, 3.8) is 0 Å². The van der Waals surface area contributed by atoms with Gasteiger partial charge in [-0.05, 0) is 24.3 Å². The lowest BCUT2D eigenvalue weighted by Gasteiger charge is -2.05. The summed E-state index contributed by atoms with van der Waals surface area (Å²) in [5, 5.41) is 2.58. The lowest BCUT2D eigenvalue weighted by atomic mass is 10.2. The Bertz CT molecular complexity index is 883. The fourth-order valence-electron chi connectivity index (χ4n) is 2.25. The van der Waals surface area contributed by atoms with Crippen LogP contribution in [0.3, 0.4) is 0 Å². The lowest BCUT2D eigenvalue weighted by Crippen LogP contribution is -1.95. The van der Waals surface area contributed by atoms with Crippen molar-refractivity contribution < 1.29 is 0 Å². The largest absolute Gasteiger partial charge is 0.397 e. The van der Waals surface area contributed by atoms with E-state index in [1.807, 2.05) is 89.1 Å². The average molecular weight is 334 g/mol. The summed E-state index contributed by atoms with van der Waals surface area (Å²) in [7, 11) is 0. The Labute approximate surface area is 145 Å². The number of anilines is 2. The van der Waals surface area contributed by atoms with Gasteiger partial charge in [-0.25, -0.2) is 4.98 Å². The van der Waals surface area contributed by atoms with E-state index < -0.39 is 0 Å². The van der Waals surface area contributed by atoms with Gasteiger partial charge in [0.05, 0.1) is 17.1 Å². The number of nitrogens with zero attached hydrogens (tertiary/aromatic N) is 2. The smallest absolute Gasteiger partial charge is 0.180 e. The van der Waals surface area contributed by atoms with Gasteiger partial charge >= 0.3 is 0 Å². The number of para-hydroxylation sites is 2. The summed E-state index contributed by atoms with van der Waals surface area (Å²) >= 11 is 1.47. The predicted octanol–water partition coefficient (Wildman–Crippen LogP) is 4.45. The number of nitrogens with two attached hydrogens (primary N) is 2. The molecule has 0 atom stereocenters. The van der Waals surface area contributed by atoms with Crippen LogP contribution in [0.25, 0.3) is 16.9 Å². The first kappa shape index (κ1) is 15.8. The van der Waals surface area contributed by atoms with Crippen molar-refractivity contribution in [2.45, 2.75) is 0 Å². The van der Waals surface area contributed by atoms with E-state index in [0.717, 1.165) is 22.6 Å². The highest BCUT2D eigenvalue weighted by Crippen LogP contribution is 2.22. The first-order valence-corrected chi connectivity index (χ1v) is 8.36. The number of hydrogen-bond donors (Lipinski definition) is 2. The molecule has 0 amide bonds. The van der Waals surface area contributed by atoms with Crippen molar-refractivity contribution in [3.8, 4) is 16.9 Å². The predicted molar refractivity (Wildman–Crippen MR) is 102 cm³/mol. The second-order valence-electron chi connectivity index (χ2n) is 5.09. The number of benzene rings is 2. The molecule has 2 aromatic heterocycles. The molecule has 2 aromatic carbocycles. The molecule has 0 saturated carbocycles. The van der Waals surface area contributed by atoms with Crippen LogP contribution in [0.15, 0.2) is 84.5 Å². The number of aromatic nitrogens is 2. The molecule has 0 unspecified atom stereocenters. The number of hydrogen-bond acceptors (Lipinski definition) is 4. The Morgan fingerprint density at radius 1 is 0.792 bits per heavy atom. The Morgan fingerprint density at radius 3 is 2.08 bits per heavy atom. The molecular formula is C19H18N4S. The molecule has 2 heterocycles. The third-order valence-electron chi connectivity index (χ3n) is 3.41. The molecule has 0 saturated heterocycles. The lowest BCUT2D eigenvalue weighted by molar-refractivity contribution is 1.08. The Morgan fingerprint density at radius 2 is 1.46 bits per heavy atom. The maximum absolute atomic E-state index is 5.79. The van der Waals surface area contributed by atoms with Gasteiger partial charge in [-0.3, -0.25) is 0 Å². The van der Waals surface area contributed by atoms with Gasteiger partial charge in [0.25, 0.3) is 0 Å². The van der Waals surface area contributed by atoms with Crippen LogP contribution in [0.5, 0.6) is 0 Å². The van der Waals surface area contributed by atoms with Crippen LogP contribution in [0.4, 0.5) is 10.8 Å². The Hall–Kier alpha value is -3.05. The molecule has 0 spiro atoms. The second kappa shape index (κ2) is 7.48. The van der Waals surface area contributed by atoms with Crippen LogP contribution < -0.4 is 11.5 Å². The van der Waals surface area contributed by atoms with Crippen LogP contribution in [-0.4, -0.2) is 9.55 Å². The van der Waals surface area contributed by atoms with Gasteiger partial charge in [-0.15, -0.1) is 11.3 Å². The third-order valence-corrected chi connectivity index (χ3v) is 4.08. The van der Waals surface area contributed by atoms with Gasteiger partial charge in [-0.2, -0.15) is 0 Å². The minimum atomic E-state index is 0.619. The Balaban J connectivity index is 0.000000141. The maximum atomic E-state index is 5.79. The van der Waals surface area contributed by atoms with E-state index in [0.29, 0.717) is 5.13 Å². The average Bonchev–Trinajstić information content (AvgIpc) is 3.28. The van der Waals surface area contributed by atoms with Gasteiger partial charge in [0.2, 0.25) is 0 Å². The molecule has 4 N–H and O–H groups in total. The van der Waals surface area contributed by atoms with Crippen molar-refractivity contribution >= 4 is 22.2 Å². The molecule has 4 aromatic rings. The first-order chi connectivity index (χ1) is 11.7. The van der Waals surface area contributed by atoms with Gasteiger partial charge in [0, 0.05) is 23.3 Å². The summed E-state index contributed by atoms with van der Waals surface area (Å²) in [5.74, 6) is 0. The third kappa shape index (κ3) is 3.83. The topological polar surface area (TPSA) is 69.9 Å². The second-order valence-corrected chi connectivity index (χ2v) is 5.98. The molecule has 5 heteroatoms. The van der Waals surface area contributed by atoms with Crippen LogP contribution >= 0.6 is 11.3 Å². The molecule has 4 rings (SSSR count). The summed E-state index contributed by atoms with van der Waals surface area (Å²) in [6.45, 7) is 0. The molecule has 0 radical (unpaired) electrons. The van der Waals surface area contributed by atoms with Crippen LogP contribution in [0, 0.1) is 0 Å². The maximum Gasteiger partial charge on any atom is 0.180 e. The van der Waals surface area contributed by atoms with Gasteiger partial charge in [-0.1, -0.05) is 42.5 Å². The zero-order valence-electron chi connectivity index (χ0n) is 13.0. The van der Waals surface area contributed by atoms with Crippen molar-refractivity contribution in [1.29, 1.82) is 0 Å². The Kier molecular flexibility index (Phi) is 4.93. The molecule has 0 aliphatic rings. The summed E-state index contributed by atoms with van der Waals surface area (Å²) in [4.78, 5) is 4.18. The van der Waals surface area contributed by atoms with E-state index in [4.69, 9.17) is 11.5 Å². The van der Waals surface area contributed by atoms with Crippen molar-refractivity contribution in [3.05, 3.63) is 84.5 Å². The van der Waals surface area contributed by atoms with Gasteiger partial charge < -0.3 is 16.0 Å². The fraction of sp³-hybridized carbons (Fsp3) is 0.